The van der Waals surface area contributed by atoms with Crippen LogP contribution in [0.25, 0.3) is 0 Å². The fraction of sp³-hybridized carbons (Fsp3) is 0.333. The Morgan fingerprint density at radius 2 is 2.13 bits per heavy atom. The van der Waals surface area contributed by atoms with E-state index in [0.717, 1.165) is 15.1 Å². The fourth-order valence-corrected chi connectivity index (χ4v) is 2.24. The molecule has 1 aromatic carbocycles. The lowest BCUT2D eigenvalue weighted by atomic mass is 10.1. The number of nitrogens with one attached hydrogen (secondary N) is 1. The summed E-state index contributed by atoms with van der Waals surface area (Å²) in [6.07, 6.45) is 1.88. The van der Waals surface area contributed by atoms with Crippen molar-refractivity contribution in [2.24, 2.45) is 0 Å². The standard InChI is InChI=1S/C12H15BrClN/c1-4-8(2)15-9(3)11-6-5-10(13)7-12(11)14/h4-9,15H,1H2,2-3H3. The van der Waals surface area contributed by atoms with Crippen LogP contribution in [0.4, 0.5) is 0 Å². The number of benzene rings is 1. The van der Waals surface area contributed by atoms with Gasteiger partial charge in [-0.15, -0.1) is 6.58 Å². The van der Waals surface area contributed by atoms with E-state index in [4.69, 9.17) is 11.6 Å². The summed E-state index contributed by atoms with van der Waals surface area (Å²) in [6, 6.07) is 6.43. The maximum atomic E-state index is 6.16. The highest BCUT2D eigenvalue weighted by molar-refractivity contribution is 9.10. The summed E-state index contributed by atoms with van der Waals surface area (Å²) in [6.45, 7) is 7.90. The lowest BCUT2D eigenvalue weighted by Gasteiger charge is -2.18. The van der Waals surface area contributed by atoms with Crippen molar-refractivity contribution >= 4 is 27.5 Å². The summed E-state index contributed by atoms with van der Waals surface area (Å²) in [7, 11) is 0. The van der Waals surface area contributed by atoms with E-state index in [2.05, 4.69) is 41.7 Å². The normalized spacial score (nSPS) is 14.7. The molecule has 0 aromatic heterocycles. The van der Waals surface area contributed by atoms with E-state index < -0.39 is 0 Å². The minimum Gasteiger partial charge on any atom is -0.304 e. The van der Waals surface area contributed by atoms with Crippen LogP contribution in [0.2, 0.25) is 5.02 Å². The van der Waals surface area contributed by atoms with Gasteiger partial charge in [0.05, 0.1) is 0 Å². The third-order valence-corrected chi connectivity index (χ3v) is 3.12. The van der Waals surface area contributed by atoms with E-state index in [1.165, 1.54) is 0 Å². The molecule has 0 radical (unpaired) electrons. The second-order valence-corrected chi connectivity index (χ2v) is 4.90. The van der Waals surface area contributed by atoms with Crippen molar-refractivity contribution in [1.82, 2.24) is 5.32 Å². The van der Waals surface area contributed by atoms with Gasteiger partial charge in [0.15, 0.2) is 0 Å². The van der Waals surface area contributed by atoms with E-state index in [1.807, 2.05) is 24.3 Å². The molecule has 1 N–H and O–H groups in total. The largest absolute Gasteiger partial charge is 0.304 e. The first-order valence-corrected chi connectivity index (χ1v) is 6.05. The summed E-state index contributed by atoms with van der Waals surface area (Å²) < 4.78 is 1.00. The highest BCUT2D eigenvalue weighted by Gasteiger charge is 2.10. The summed E-state index contributed by atoms with van der Waals surface area (Å²) >= 11 is 9.54. The van der Waals surface area contributed by atoms with Gasteiger partial charge in [0.2, 0.25) is 0 Å². The molecule has 0 bridgehead atoms. The zero-order chi connectivity index (χ0) is 11.4. The van der Waals surface area contributed by atoms with Gasteiger partial charge < -0.3 is 5.32 Å². The average molecular weight is 289 g/mol. The first kappa shape index (κ1) is 12.8. The van der Waals surface area contributed by atoms with Crippen molar-refractivity contribution in [3.05, 3.63) is 45.9 Å². The van der Waals surface area contributed by atoms with Crippen molar-refractivity contribution in [2.75, 3.05) is 0 Å². The first-order chi connectivity index (χ1) is 7.04. The predicted molar refractivity (Wildman–Crippen MR) is 70.4 cm³/mol. The number of hydrogen-bond donors (Lipinski definition) is 1. The minimum atomic E-state index is 0.221. The van der Waals surface area contributed by atoms with E-state index >= 15 is 0 Å². The molecule has 2 atom stereocenters. The van der Waals surface area contributed by atoms with Crippen molar-refractivity contribution in [3.63, 3.8) is 0 Å². The van der Waals surface area contributed by atoms with Gasteiger partial charge in [-0.3, -0.25) is 0 Å². The van der Waals surface area contributed by atoms with Crippen molar-refractivity contribution in [2.45, 2.75) is 25.9 Å². The van der Waals surface area contributed by atoms with Crippen molar-refractivity contribution < 1.29 is 0 Å². The third-order valence-electron chi connectivity index (χ3n) is 2.30. The molecule has 3 heteroatoms. The molecule has 82 valence electrons. The van der Waals surface area contributed by atoms with Crippen molar-refractivity contribution in [1.29, 1.82) is 0 Å². The second-order valence-electron chi connectivity index (χ2n) is 3.58. The van der Waals surface area contributed by atoms with Gasteiger partial charge in [-0.05, 0) is 31.5 Å². The molecule has 1 aromatic rings. The Labute approximate surface area is 105 Å². The second kappa shape index (κ2) is 5.69. The van der Waals surface area contributed by atoms with Crippen LogP contribution in [0.15, 0.2) is 35.3 Å². The van der Waals surface area contributed by atoms with Gasteiger partial charge in [-0.2, -0.15) is 0 Å². The molecule has 0 amide bonds. The summed E-state index contributed by atoms with van der Waals surface area (Å²) in [4.78, 5) is 0. The van der Waals surface area contributed by atoms with Gasteiger partial charge in [0.1, 0.15) is 0 Å². The van der Waals surface area contributed by atoms with Gasteiger partial charge in [0.25, 0.3) is 0 Å². The Kier molecular flexibility index (Phi) is 4.84. The smallest absolute Gasteiger partial charge is 0.0464 e. The number of hydrogen-bond acceptors (Lipinski definition) is 1. The molecule has 0 saturated heterocycles. The Hall–Kier alpha value is -0.310. The van der Waals surface area contributed by atoms with E-state index in [9.17, 15) is 0 Å². The Bertz CT molecular complexity index is 351. The van der Waals surface area contributed by atoms with Gasteiger partial charge >= 0.3 is 0 Å². The van der Waals surface area contributed by atoms with Crippen LogP contribution in [-0.4, -0.2) is 6.04 Å². The third kappa shape index (κ3) is 3.63. The number of rotatable bonds is 4. The molecule has 0 heterocycles. The Morgan fingerprint density at radius 1 is 1.47 bits per heavy atom. The predicted octanol–water partition coefficient (Wildman–Crippen LogP) is 4.33. The van der Waals surface area contributed by atoms with E-state index in [-0.39, 0.29) is 12.1 Å². The van der Waals surface area contributed by atoms with Gasteiger partial charge in [-0.1, -0.05) is 39.7 Å². The maximum Gasteiger partial charge on any atom is 0.0464 e. The summed E-state index contributed by atoms with van der Waals surface area (Å²) in [5, 5.41) is 4.17. The molecular weight excluding hydrogens is 273 g/mol. The number of halogens is 2. The van der Waals surface area contributed by atoms with E-state index in [1.54, 1.807) is 0 Å². The van der Waals surface area contributed by atoms with Crippen LogP contribution in [0, 0.1) is 0 Å². The van der Waals surface area contributed by atoms with Crippen LogP contribution >= 0.6 is 27.5 Å². The molecular formula is C12H15BrClN. The monoisotopic (exact) mass is 287 g/mol. The first-order valence-electron chi connectivity index (χ1n) is 4.88. The van der Waals surface area contributed by atoms with Crippen LogP contribution in [0.1, 0.15) is 25.5 Å². The minimum absolute atomic E-state index is 0.221. The van der Waals surface area contributed by atoms with Crippen LogP contribution in [0.3, 0.4) is 0 Å². The maximum absolute atomic E-state index is 6.16. The molecule has 0 aliphatic heterocycles. The molecule has 1 rings (SSSR count). The summed E-state index contributed by atoms with van der Waals surface area (Å²) in [5.41, 5.74) is 1.11. The topological polar surface area (TPSA) is 12.0 Å². The van der Waals surface area contributed by atoms with E-state index in [0.29, 0.717) is 0 Å². The quantitative estimate of drug-likeness (QED) is 0.813. The fourth-order valence-electron chi connectivity index (χ4n) is 1.40. The zero-order valence-corrected chi connectivity index (χ0v) is 11.3. The molecule has 1 nitrogen and oxygen atoms in total. The van der Waals surface area contributed by atoms with Crippen LogP contribution in [-0.2, 0) is 0 Å². The zero-order valence-electron chi connectivity index (χ0n) is 8.93. The molecule has 2 unspecified atom stereocenters. The SMILES string of the molecule is C=CC(C)NC(C)c1ccc(Br)cc1Cl. The molecule has 0 aliphatic rings. The lowest BCUT2D eigenvalue weighted by Crippen LogP contribution is -2.27. The molecule has 15 heavy (non-hydrogen) atoms. The highest BCUT2D eigenvalue weighted by Crippen LogP contribution is 2.26. The lowest BCUT2D eigenvalue weighted by molar-refractivity contribution is 0.537. The highest BCUT2D eigenvalue weighted by atomic mass is 79.9. The molecule has 0 spiro atoms. The van der Waals surface area contributed by atoms with Gasteiger partial charge in [-0.25, -0.2) is 0 Å². The van der Waals surface area contributed by atoms with Gasteiger partial charge in [0, 0.05) is 21.6 Å². The molecule has 0 aliphatic carbocycles. The average Bonchev–Trinajstić information content (AvgIpc) is 2.17. The molecule has 0 fully saturated rings. The van der Waals surface area contributed by atoms with Crippen LogP contribution < -0.4 is 5.32 Å². The summed E-state index contributed by atoms with van der Waals surface area (Å²) in [5.74, 6) is 0. The van der Waals surface area contributed by atoms with Crippen LogP contribution in [0.5, 0.6) is 0 Å². The van der Waals surface area contributed by atoms with Crippen molar-refractivity contribution in [3.8, 4) is 0 Å². The Balaban J connectivity index is 2.81. The molecule has 0 saturated carbocycles. The Morgan fingerprint density at radius 3 is 2.67 bits per heavy atom.